The van der Waals surface area contributed by atoms with Gasteiger partial charge >= 0.3 is 0 Å². The Morgan fingerprint density at radius 3 is 2.73 bits per heavy atom. The van der Waals surface area contributed by atoms with Crippen molar-refractivity contribution in [3.05, 3.63) is 88.6 Å². The number of hydrogen-bond acceptors (Lipinski definition) is 4. The number of furan rings is 1. The van der Waals surface area contributed by atoms with Crippen LogP contribution >= 0.6 is 11.6 Å². The molecule has 3 aromatic rings. The largest absolute Gasteiger partial charge is 0.464 e. The van der Waals surface area contributed by atoms with Crippen molar-refractivity contribution >= 4 is 17.3 Å². The highest BCUT2D eigenvalue weighted by Gasteiger charge is 2.41. The van der Waals surface area contributed by atoms with Crippen molar-refractivity contribution in [2.75, 3.05) is 0 Å². The molecule has 5 rings (SSSR count). The standard InChI is InChI=1S/C20H14ClFN2O2/c21-13-5-8-18-15(10-13)17-11-16(19-2-1-9-25-19)23-24(17)20(26-18)12-3-6-14(22)7-4-12/h1-10,17,20H,11H2/t17-,20-/m1/s1. The van der Waals surface area contributed by atoms with Gasteiger partial charge in [0.1, 0.15) is 23.0 Å². The van der Waals surface area contributed by atoms with E-state index in [-0.39, 0.29) is 11.9 Å². The first kappa shape index (κ1) is 15.5. The minimum Gasteiger partial charge on any atom is -0.464 e. The van der Waals surface area contributed by atoms with Crippen LogP contribution in [0.4, 0.5) is 4.39 Å². The van der Waals surface area contributed by atoms with Crippen LogP contribution in [-0.4, -0.2) is 10.7 Å². The zero-order valence-electron chi connectivity index (χ0n) is 13.6. The molecule has 1 aromatic heterocycles. The fraction of sp³-hybridized carbons (Fsp3) is 0.150. The molecular formula is C20H14ClFN2O2. The second kappa shape index (κ2) is 5.88. The summed E-state index contributed by atoms with van der Waals surface area (Å²) >= 11 is 6.20. The lowest BCUT2D eigenvalue weighted by molar-refractivity contribution is -0.0190. The maximum atomic E-state index is 13.3. The van der Waals surface area contributed by atoms with Gasteiger partial charge in [0.15, 0.2) is 0 Å². The zero-order chi connectivity index (χ0) is 17.7. The molecule has 0 unspecified atom stereocenters. The molecule has 2 aliphatic rings. The number of ether oxygens (including phenoxy) is 1. The summed E-state index contributed by atoms with van der Waals surface area (Å²) in [5, 5.41) is 7.31. The van der Waals surface area contributed by atoms with Gasteiger partial charge < -0.3 is 9.15 Å². The van der Waals surface area contributed by atoms with Gasteiger partial charge in [0.2, 0.25) is 6.23 Å². The fourth-order valence-electron chi connectivity index (χ4n) is 3.50. The van der Waals surface area contributed by atoms with E-state index in [0.717, 1.165) is 28.3 Å². The summed E-state index contributed by atoms with van der Waals surface area (Å²) in [4.78, 5) is 0. The van der Waals surface area contributed by atoms with E-state index < -0.39 is 6.23 Å². The summed E-state index contributed by atoms with van der Waals surface area (Å²) in [6.07, 6.45) is 1.87. The maximum absolute atomic E-state index is 13.3. The Balaban J connectivity index is 1.61. The van der Waals surface area contributed by atoms with Crippen LogP contribution in [0.15, 0.2) is 70.4 Å². The number of hydrogen-bond donors (Lipinski definition) is 0. The normalized spacial score (nSPS) is 21.0. The predicted octanol–water partition coefficient (Wildman–Crippen LogP) is 5.31. The fourth-order valence-corrected chi connectivity index (χ4v) is 3.68. The van der Waals surface area contributed by atoms with Crippen LogP contribution in [0.5, 0.6) is 5.75 Å². The van der Waals surface area contributed by atoms with Crippen LogP contribution in [0.3, 0.4) is 0 Å². The van der Waals surface area contributed by atoms with E-state index in [1.165, 1.54) is 12.1 Å². The molecule has 2 aromatic carbocycles. The Hall–Kier alpha value is -2.79. The third kappa shape index (κ3) is 2.47. The van der Waals surface area contributed by atoms with E-state index in [1.807, 2.05) is 29.3 Å². The molecule has 0 radical (unpaired) electrons. The molecule has 130 valence electrons. The molecule has 26 heavy (non-hydrogen) atoms. The summed E-state index contributed by atoms with van der Waals surface area (Å²) in [7, 11) is 0. The first-order valence-electron chi connectivity index (χ1n) is 8.30. The second-order valence-corrected chi connectivity index (χ2v) is 6.76. The van der Waals surface area contributed by atoms with Gasteiger partial charge in [-0.2, -0.15) is 5.10 Å². The molecule has 0 bridgehead atoms. The average Bonchev–Trinajstić information content (AvgIpc) is 3.32. The molecule has 0 fully saturated rings. The second-order valence-electron chi connectivity index (χ2n) is 6.33. The highest BCUT2D eigenvalue weighted by molar-refractivity contribution is 6.30. The summed E-state index contributed by atoms with van der Waals surface area (Å²) in [5.41, 5.74) is 2.67. The van der Waals surface area contributed by atoms with Crippen molar-refractivity contribution in [2.24, 2.45) is 5.10 Å². The number of fused-ring (bicyclic) bond motifs is 3. The van der Waals surface area contributed by atoms with Gasteiger partial charge in [-0.05, 0) is 42.5 Å². The maximum Gasteiger partial charge on any atom is 0.213 e. The van der Waals surface area contributed by atoms with Gasteiger partial charge in [-0.1, -0.05) is 23.7 Å². The van der Waals surface area contributed by atoms with Crippen LogP contribution in [0, 0.1) is 5.82 Å². The SMILES string of the molecule is Fc1ccc([C@H]2Oc3ccc(Cl)cc3[C@H]3CC(c4ccco4)=NN32)cc1. The van der Waals surface area contributed by atoms with Gasteiger partial charge in [0.05, 0.1) is 12.3 Å². The molecular weight excluding hydrogens is 355 g/mol. The molecule has 0 saturated heterocycles. The third-order valence-corrected chi connectivity index (χ3v) is 4.95. The molecule has 0 spiro atoms. The van der Waals surface area contributed by atoms with Crippen molar-refractivity contribution in [1.29, 1.82) is 0 Å². The van der Waals surface area contributed by atoms with Crippen molar-refractivity contribution in [3.8, 4) is 5.75 Å². The van der Waals surface area contributed by atoms with Crippen molar-refractivity contribution < 1.29 is 13.5 Å². The van der Waals surface area contributed by atoms with E-state index in [0.29, 0.717) is 11.4 Å². The van der Waals surface area contributed by atoms with E-state index in [9.17, 15) is 4.39 Å². The summed E-state index contributed by atoms with van der Waals surface area (Å²) < 4.78 is 25.1. The zero-order valence-corrected chi connectivity index (χ0v) is 14.4. The number of halogens is 2. The molecule has 4 nitrogen and oxygen atoms in total. The number of benzene rings is 2. The minimum atomic E-state index is -0.443. The number of hydrazone groups is 1. The highest BCUT2D eigenvalue weighted by Crippen LogP contribution is 2.48. The van der Waals surface area contributed by atoms with Gasteiger partial charge in [-0.25, -0.2) is 9.40 Å². The number of rotatable bonds is 2. The molecule has 2 aliphatic heterocycles. The monoisotopic (exact) mass is 368 g/mol. The third-order valence-electron chi connectivity index (χ3n) is 4.71. The van der Waals surface area contributed by atoms with Crippen molar-refractivity contribution in [1.82, 2.24) is 5.01 Å². The molecule has 0 amide bonds. The van der Waals surface area contributed by atoms with Crippen LogP contribution < -0.4 is 4.74 Å². The van der Waals surface area contributed by atoms with Gasteiger partial charge in [-0.3, -0.25) is 0 Å². The quantitative estimate of drug-likeness (QED) is 0.614. The Bertz CT molecular complexity index is 986. The minimum absolute atomic E-state index is 0.0207. The van der Waals surface area contributed by atoms with Crippen LogP contribution in [0.1, 0.15) is 35.6 Å². The topological polar surface area (TPSA) is 38.0 Å². The molecule has 0 aliphatic carbocycles. The Kier molecular flexibility index (Phi) is 3.50. The molecule has 2 atom stereocenters. The Morgan fingerprint density at radius 1 is 1.12 bits per heavy atom. The predicted molar refractivity (Wildman–Crippen MR) is 95.7 cm³/mol. The van der Waals surface area contributed by atoms with Gasteiger partial charge in [-0.15, -0.1) is 0 Å². The molecule has 0 N–H and O–H groups in total. The summed E-state index contributed by atoms with van der Waals surface area (Å²) in [5.74, 6) is 1.22. The number of nitrogens with zero attached hydrogens (tertiary/aromatic N) is 2. The molecule has 6 heteroatoms. The Morgan fingerprint density at radius 2 is 1.96 bits per heavy atom. The van der Waals surface area contributed by atoms with E-state index >= 15 is 0 Å². The molecule has 0 saturated carbocycles. The van der Waals surface area contributed by atoms with E-state index in [2.05, 4.69) is 0 Å². The first-order chi connectivity index (χ1) is 12.7. The van der Waals surface area contributed by atoms with Crippen LogP contribution in [-0.2, 0) is 0 Å². The van der Waals surface area contributed by atoms with E-state index in [4.69, 9.17) is 25.9 Å². The summed E-state index contributed by atoms with van der Waals surface area (Å²) in [6, 6.07) is 15.6. The van der Waals surface area contributed by atoms with Crippen LogP contribution in [0.2, 0.25) is 5.02 Å². The van der Waals surface area contributed by atoms with E-state index in [1.54, 1.807) is 24.5 Å². The summed E-state index contributed by atoms with van der Waals surface area (Å²) in [6.45, 7) is 0. The lowest BCUT2D eigenvalue weighted by Gasteiger charge is -2.38. The smallest absolute Gasteiger partial charge is 0.213 e. The van der Waals surface area contributed by atoms with Gasteiger partial charge in [0, 0.05) is 22.6 Å². The average molecular weight is 369 g/mol. The molecule has 3 heterocycles. The van der Waals surface area contributed by atoms with Crippen LogP contribution in [0.25, 0.3) is 0 Å². The lowest BCUT2D eigenvalue weighted by Crippen LogP contribution is -2.33. The van der Waals surface area contributed by atoms with Gasteiger partial charge in [0.25, 0.3) is 0 Å². The van der Waals surface area contributed by atoms with Crippen molar-refractivity contribution in [3.63, 3.8) is 0 Å². The van der Waals surface area contributed by atoms with Crippen molar-refractivity contribution in [2.45, 2.75) is 18.7 Å². The lowest BCUT2D eigenvalue weighted by atomic mass is 9.97. The highest BCUT2D eigenvalue weighted by atomic mass is 35.5. The first-order valence-corrected chi connectivity index (χ1v) is 8.68. The Labute approximate surface area is 154 Å².